The Labute approximate surface area is 768 Å². The number of benzene rings is 5. The fraction of sp³-hybridized carbons (Fsp3) is 0.263. The van der Waals surface area contributed by atoms with Gasteiger partial charge in [0.15, 0.2) is 0 Å². The predicted octanol–water partition coefficient (Wildman–Crippen LogP) is 16.2. The molecule has 5 aromatic carbocycles. The molecule has 0 unspecified atom stereocenters. The molecule has 0 fully saturated rings. The van der Waals surface area contributed by atoms with Crippen molar-refractivity contribution in [3.8, 4) is 56.3 Å². The topological polar surface area (TPSA) is 188 Å². The van der Waals surface area contributed by atoms with Crippen LogP contribution in [0.2, 0.25) is 0 Å². The lowest BCUT2D eigenvalue weighted by molar-refractivity contribution is -0.128. The molecule has 0 spiro atoms. The SMILES string of the molecule is [2H]c1c(C([2H])([2H])[2H])c([2H])n2c(C([2H])([2H])C(=O)N(C)C([2H])([2H])[2H])c(-c3ccc(C([2H])([2H])[2H])cc3)nc2c1[2H].[2H]c1c(C)c([2H])n2c(C([2H])([2H])C(=O)N(C)C([2H])([2H])[2H])c(-c3ccc(C([2H])([2H])[2H])cc3)nc2c1[2H].[2H]c1c([2H])c(-c2nc3c([2H])c([2H])c(C([2H])([2H])[2H])c([2H])n3c2C([2H])([2H])C(=O)N(C)C([2H])([2H])[2H])c([2H])c([2H])c1C.[2H]c1c([2H])c(-c2nc3c([2H])c([2H])c(C)c([2H])n3c2C([2H])([2H])C(=O)N(C)C([2H])([2H])[2H])c([2H])c([2H])c1C.[2H]c1c([2H])c(C([2H])([2H])[2H])c([2H])c([2H])c1-c1nc2c([2H])c([2H])c(C)c([2H])n2c1C([2H])([2H])C(=O)N(C)C([2H])([2H])[2H]. The number of carbonyl (C=O) groups excluding carboxylic acids is 5. The van der Waals surface area contributed by atoms with Crippen LogP contribution in [0.25, 0.3) is 84.5 Å². The van der Waals surface area contributed by atoms with Gasteiger partial charge in [0.25, 0.3) is 0 Å². The summed E-state index contributed by atoms with van der Waals surface area (Å²) in [6.45, 7) is -22.7. The van der Waals surface area contributed by atoms with Crippen LogP contribution in [0.5, 0.6) is 0 Å². The van der Waals surface area contributed by atoms with Gasteiger partial charge in [-0.1, -0.05) is 179 Å². The lowest BCUT2D eigenvalue weighted by Crippen LogP contribution is -2.24. The summed E-state index contributed by atoms with van der Waals surface area (Å²) >= 11 is 0. The summed E-state index contributed by atoms with van der Waals surface area (Å²) < 4.78 is 540. The number of likely N-dealkylation sites (N-methyl/N-ethyl adjacent to an activating group) is 5. The average Bonchev–Trinajstić information content (AvgIpc) is 1.56. The third-order valence-corrected chi connectivity index (χ3v) is 15.2. The van der Waals surface area contributed by atoms with E-state index in [1.54, 1.807) is 0 Å². The van der Waals surface area contributed by atoms with Crippen LogP contribution >= 0.6 is 0 Å². The molecule has 20 nitrogen and oxygen atoms in total. The number of hydrogen-bond donors (Lipinski definition) is 0. The van der Waals surface area contributed by atoms with E-state index >= 15 is 0 Å². The first kappa shape index (κ1) is 32.4. The van der Waals surface area contributed by atoms with Crippen LogP contribution in [0.15, 0.2) is 212 Å². The van der Waals surface area contributed by atoms with Gasteiger partial charge >= 0.3 is 0 Å². The maximum Gasteiger partial charge on any atom is 0.228 e. The minimum absolute atomic E-state index is 0.00874. The van der Waals surface area contributed by atoms with Crippen molar-refractivity contribution < 1.29 is 116 Å². The van der Waals surface area contributed by atoms with Crippen LogP contribution in [0.4, 0.5) is 0 Å². The van der Waals surface area contributed by atoms with Crippen LogP contribution in [-0.2, 0) is 55.8 Å². The maximum absolute atomic E-state index is 13.2. The van der Waals surface area contributed by atoms with Gasteiger partial charge in [-0.15, -0.1) is 0 Å². The Morgan fingerprint density at radius 3 is 0.696 bits per heavy atom. The second kappa shape index (κ2) is 36.2. The standard InChI is InChI=1S/5C19H21N3O/c5*1-13-5-8-15(9-6-13)19-16(11-18(23)21(3)4)22-12-14(2)7-10-17(22)20-19/h5*5-10,12H,11H2,1-4H3/i2D3,3D3,5D,6D,7D,8D,9D,10D,11D2,12D;1D3,3D3,5D,6D,7D,8D,9D,10D,11D2,12D;3D3,5D,6D,7D,8D,9D,10D,11D2,12D;1D3,2D3,3D3,7D,10D,11D2,12D;1D3,3D3,7D,10D,11D2,12D. The van der Waals surface area contributed by atoms with Gasteiger partial charge in [0, 0.05) is 184 Å². The number of rotatable bonds is 15. The molecule has 0 radical (unpaired) electrons. The largest absolute Gasteiger partial charge is 0.348 e. The van der Waals surface area contributed by atoms with Crippen molar-refractivity contribution in [3.63, 3.8) is 0 Å². The summed E-state index contributed by atoms with van der Waals surface area (Å²) in [7, 11) is 4.22. The van der Waals surface area contributed by atoms with E-state index in [0.717, 1.165) is 44.0 Å². The summed E-state index contributed by atoms with van der Waals surface area (Å²) in [5.41, 5.74) is -13.5. The summed E-state index contributed by atoms with van der Waals surface area (Å²) in [6.07, 6.45) is -19.7. The zero-order valence-electron chi connectivity index (χ0n) is 129. The van der Waals surface area contributed by atoms with Gasteiger partial charge < -0.3 is 46.5 Å². The smallest absolute Gasteiger partial charge is 0.228 e. The highest BCUT2D eigenvalue weighted by Crippen LogP contribution is 2.32. The number of aryl methyl sites for hydroxylation is 2. The third-order valence-electron chi connectivity index (χ3n) is 15.2. The van der Waals surface area contributed by atoms with Gasteiger partial charge in [0.05, 0.1) is 126 Å². The molecule has 5 amide bonds. The normalized spacial score (nSPS) is 21.1. The first-order chi connectivity index (χ1) is 82.0. The molecule has 20 heteroatoms. The number of hydrogen-bond acceptors (Lipinski definition) is 10. The van der Waals surface area contributed by atoms with Crippen LogP contribution in [0, 0.1) is 68.9 Å². The van der Waals surface area contributed by atoms with E-state index < -0.39 is 384 Å². The maximum atomic E-state index is 13.2. The highest BCUT2D eigenvalue weighted by molar-refractivity contribution is 5.85. The van der Waals surface area contributed by atoms with Crippen LogP contribution in [0.3, 0.4) is 0 Å². The van der Waals surface area contributed by atoms with Gasteiger partial charge in [-0.25, -0.2) is 24.9 Å². The number of carbonyl (C=O) groups is 5. The minimum Gasteiger partial charge on any atom is -0.348 e. The zero-order valence-corrected chi connectivity index (χ0v) is 61.9. The van der Waals surface area contributed by atoms with Gasteiger partial charge in [0.1, 0.15) is 28.2 Å². The van der Waals surface area contributed by atoms with E-state index in [1.807, 2.05) is 0 Å². The molecule has 10 aromatic heterocycles. The van der Waals surface area contributed by atoms with Crippen molar-refractivity contribution in [2.24, 2.45) is 0 Å². The summed E-state index contributed by atoms with van der Waals surface area (Å²) in [5, 5.41) is 0. The molecular formula is C95H105N15O5. The van der Waals surface area contributed by atoms with Gasteiger partial charge in [-0.2, -0.15) is 0 Å². The summed E-state index contributed by atoms with van der Waals surface area (Å²) in [6, 6.07) is -4.36. The summed E-state index contributed by atoms with van der Waals surface area (Å²) in [5.74, 6) is -7.84. The molecule has 10 heterocycles. The van der Waals surface area contributed by atoms with E-state index in [0.29, 0.717) is 13.2 Å². The third kappa shape index (κ3) is 20.0. The number of aromatic nitrogens is 10. The molecule has 0 saturated heterocycles. The minimum atomic E-state index is -3.41. The lowest BCUT2D eigenvalue weighted by Gasteiger charge is -2.11. The van der Waals surface area contributed by atoms with Crippen molar-refractivity contribution in [2.45, 2.75) is 101 Å². The number of pyridine rings is 5. The Morgan fingerprint density at radius 1 is 0.270 bits per heavy atom. The molecule has 0 bridgehead atoms. The fourth-order valence-electron chi connectivity index (χ4n) is 9.72. The first-order valence-corrected chi connectivity index (χ1v) is 33.0. The first-order valence-electron chi connectivity index (χ1n) is 66.5. The Balaban J connectivity index is 0.000000211. The fourth-order valence-corrected chi connectivity index (χ4v) is 9.72. The zero-order chi connectivity index (χ0) is 140. The van der Waals surface area contributed by atoms with Crippen molar-refractivity contribution in [1.82, 2.24) is 71.4 Å². The van der Waals surface area contributed by atoms with E-state index in [2.05, 4.69) is 24.9 Å². The van der Waals surface area contributed by atoms with Crippen LogP contribution < -0.4 is 0 Å². The van der Waals surface area contributed by atoms with Crippen molar-refractivity contribution in [3.05, 3.63) is 296 Å². The quantitative estimate of drug-likeness (QED) is 0.0955. The van der Waals surface area contributed by atoms with Gasteiger partial charge in [-0.3, -0.25) is 24.0 Å². The Bertz CT molecular complexity index is 9400. The highest BCUT2D eigenvalue weighted by atomic mass is 16.2. The Kier molecular flexibility index (Phi) is 10.2. The molecule has 115 heavy (non-hydrogen) atoms. The molecule has 15 rings (SSSR count). The lowest BCUT2D eigenvalue weighted by atomic mass is 10.1. The molecular weight excluding hydrogens is 1430 g/mol. The van der Waals surface area contributed by atoms with Crippen molar-refractivity contribution in [2.75, 3.05) is 70.1 Å². The van der Waals surface area contributed by atoms with E-state index in [1.165, 1.54) is 83.1 Å². The number of imidazole rings is 5. The van der Waals surface area contributed by atoms with Crippen LogP contribution in [0.1, 0.15) is 176 Å². The number of nitrogens with zero attached hydrogens (tertiary/aromatic N) is 15. The molecule has 0 aliphatic heterocycles. The molecule has 0 N–H and O–H groups in total. The number of amides is 5. The van der Waals surface area contributed by atoms with Crippen molar-refractivity contribution in [1.29, 1.82) is 0 Å². The van der Waals surface area contributed by atoms with E-state index in [4.69, 9.17) is 91.8 Å². The molecule has 590 valence electrons. The monoisotopic (exact) mass is 1600 g/mol. The Hall–Kier alpha value is -13.1. The number of fused-ring (bicyclic) bond motifs is 5. The predicted molar refractivity (Wildman–Crippen MR) is 463 cm³/mol. The molecule has 0 atom stereocenters. The van der Waals surface area contributed by atoms with E-state index in [9.17, 15) is 24.0 Å². The molecule has 0 saturated carbocycles. The second-order valence-corrected chi connectivity index (χ2v) is 24.1. The Morgan fingerprint density at radius 2 is 0.470 bits per heavy atom. The van der Waals surface area contributed by atoms with Gasteiger partial charge in [0.2, 0.25) is 29.5 Å². The molecule has 0 aliphatic carbocycles. The molecule has 15 aromatic rings. The molecule has 0 aliphatic rings. The van der Waals surface area contributed by atoms with Crippen molar-refractivity contribution >= 4 is 57.8 Å². The van der Waals surface area contributed by atoms with Crippen LogP contribution in [-0.4, -0.2) is 171 Å². The summed E-state index contributed by atoms with van der Waals surface area (Å²) in [4.78, 5) is 86.9. The van der Waals surface area contributed by atoms with Gasteiger partial charge in [-0.05, 0) is 127 Å². The van der Waals surface area contributed by atoms with E-state index in [-0.39, 0.29) is 104 Å². The average molecular weight is 1600 g/mol. The highest BCUT2D eigenvalue weighted by Gasteiger charge is 2.24. The second-order valence-electron chi connectivity index (χ2n) is 24.1.